The van der Waals surface area contributed by atoms with Gasteiger partial charge in [0.15, 0.2) is 58.6 Å². The Balaban J connectivity index is 0.000000161. The normalized spacial score (nSPS) is 14.0. The summed E-state index contributed by atoms with van der Waals surface area (Å²) >= 11 is 0. The SMILES string of the molecule is C[C@@H](Cn1cnc2c(N)ncnc21)OCP(=O)(OCCCOCc1ccccc1)Oc1ccccc1.C[C@H](Cn1cnc2c(N)ncnc21)OCP(=O)(NC(C)(C)COCc1ccccc1)Oc1ccccc1.C[C@H](Cn1cnc2c(N)ncnc21)OCP(=O)(NCCOCc1ccccc1)Oc1ccc(F)cc1.C[C@H](Cn1cnc2c(N)ncnc21)OCP(=O)(OCCOCc1ccccc1)Oc1ccccc1. The highest BCUT2D eigenvalue weighted by molar-refractivity contribution is 7.57. The number of nitrogens with zero attached hydrogens (tertiary/aromatic N) is 16. The van der Waals surface area contributed by atoms with Gasteiger partial charge < -0.3 is 97.2 Å². The van der Waals surface area contributed by atoms with E-state index in [0.29, 0.717) is 164 Å². The Hall–Kier alpha value is -13.3. The van der Waals surface area contributed by atoms with Crippen molar-refractivity contribution in [2.45, 2.75) is 131 Å². The van der Waals surface area contributed by atoms with Crippen molar-refractivity contribution in [2.24, 2.45) is 0 Å². The van der Waals surface area contributed by atoms with Crippen molar-refractivity contribution in [1.82, 2.24) is 88.3 Å². The van der Waals surface area contributed by atoms with Crippen molar-refractivity contribution in [3.63, 3.8) is 0 Å². The first-order valence-corrected chi connectivity index (χ1v) is 53.2. The maximum atomic E-state index is 14.0. The first-order valence-electron chi connectivity index (χ1n) is 46.2. The second-order valence-electron chi connectivity index (χ2n) is 33.6. The molecule has 8 heterocycles. The van der Waals surface area contributed by atoms with Gasteiger partial charge in [0.2, 0.25) is 0 Å². The number of ether oxygens (including phenoxy) is 8. The van der Waals surface area contributed by atoms with Gasteiger partial charge in [0.05, 0.1) is 135 Å². The molecule has 40 nitrogen and oxygen atoms in total. The predicted octanol–water partition coefficient (Wildman–Crippen LogP) is 17.6. The van der Waals surface area contributed by atoms with Crippen molar-refractivity contribution < 1.29 is 87.7 Å². The highest BCUT2D eigenvalue weighted by Crippen LogP contribution is 2.51. The molecule has 0 aliphatic rings. The molecule has 8 atom stereocenters. The molecule has 0 saturated heterocycles. The number of imidazole rings is 4. The van der Waals surface area contributed by atoms with Crippen LogP contribution in [0.25, 0.3) is 44.7 Å². The number of halogens is 1. The Morgan fingerprint density at radius 1 is 0.333 bits per heavy atom. The molecule has 0 aliphatic heterocycles. The monoisotopic (exact) mass is 2050 g/mol. The first kappa shape index (κ1) is 108. The Bertz CT molecular complexity index is 6780. The predicted molar refractivity (Wildman–Crippen MR) is 545 cm³/mol. The van der Waals surface area contributed by atoms with E-state index >= 15 is 0 Å². The molecule has 16 rings (SSSR count). The van der Waals surface area contributed by atoms with Gasteiger partial charge in [-0.05, 0) is 131 Å². The fourth-order valence-electron chi connectivity index (χ4n) is 14.0. The van der Waals surface area contributed by atoms with Crippen LogP contribution in [0.3, 0.4) is 0 Å². The van der Waals surface area contributed by atoms with Crippen molar-refractivity contribution >= 4 is 98.2 Å². The van der Waals surface area contributed by atoms with Gasteiger partial charge in [-0.1, -0.05) is 176 Å². The minimum atomic E-state index is -3.63. The molecule has 144 heavy (non-hydrogen) atoms. The average Bonchev–Trinajstić information content (AvgIpc) is 1.67. The van der Waals surface area contributed by atoms with E-state index in [9.17, 15) is 22.7 Å². The molecule has 760 valence electrons. The lowest BCUT2D eigenvalue weighted by molar-refractivity contribution is 0.0598. The van der Waals surface area contributed by atoms with Crippen molar-refractivity contribution in [3.8, 4) is 23.0 Å². The number of nitrogens with two attached hydrogens (primary N) is 4. The average molecular weight is 2050 g/mol. The second kappa shape index (κ2) is 54.4. The second-order valence-corrected chi connectivity index (χ2v) is 41.5. The standard InChI is InChI=1S/C26H33N6O4P.C25H30N5O5P.C24H28FN6O4P.C24H28N5O5P/c1-20(14-32-18-30-23-24(27)28-17-29-25(23)32)35-19-37(33,36-22-12-8-5-9-13-22)31-26(2,3)16-34-15-21-10-6-4-7-11-21;1-20(15-30-18-29-23-24(26)27-17-28-25(23)30)33-19-36(31,35-22-11-6-3-7-12-22)34-14-8-13-32-16-21-9-4-2-5-10-21;1-18(13-31-16-29-22-23(26)27-15-28-24(22)31)34-17-36(32,35-21-9-7-20(25)8-10-21)30-11-12-33-14-19-5-3-2-4-6-19;1-19(14-29-17-28-22-23(25)26-16-27-24(22)29)32-18-35(30,34-21-10-6-3-7-11-21)33-13-12-31-15-20-8-4-2-5-9-20/h4-13,17-18,20H,14-16,19H2,1-3H3,(H,31,33)(H2,27,28,29);2-7,9-12,17-18,20H,8,13-16,19H2,1H3,(H2,26,27,28);2-10,15-16,18H,11-14,17H2,1H3,(H,30,32)(H2,26,27,28);2-11,16-17,19H,12-15,18H2,1H3,(H2,25,26,27)/t20-,37?;20-,36?;18-,36?;19-,35?/m1011/s1. The van der Waals surface area contributed by atoms with E-state index in [2.05, 4.69) is 70.0 Å². The summed E-state index contributed by atoms with van der Waals surface area (Å²) in [6, 6.07) is 71.5. The van der Waals surface area contributed by atoms with E-state index in [4.69, 9.17) is 88.0 Å². The molecular formula is C99H119FN22O18P4. The Morgan fingerprint density at radius 3 is 1.00 bits per heavy atom. The number of fused-ring (bicyclic) bond motifs is 4. The number of nitrogen functional groups attached to an aromatic ring is 4. The van der Waals surface area contributed by atoms with Crippen LogP contribution in [0.5, 0.6) is 23.0 Å². The molecule has 0 saturated carbocycles. The smallest absolute Gasteiger partial charge is 0.404 e. The third-order valence-corrected chi connectivity index (χ3v) is 27.6. The molecule has 0 spiro atoms. The summed E-state index contributed by atoms with van der Waals surface area (Å²) in [5.41, 5.74) is 31.5. The number of hydrogen-bond acceptors (Lipinski definition) is 34. The van der Waals surface area contributed by atoms with Crippen LogP contribution in [0.1, 0.15) is 70.2 Å². The topological polar surface area (TPSA) is 500 Å². The van der Waals surface area contributed by atoms with Gasteiger partial charge in [-0.2, -0.15) is 0 Å². The zero-order valence-electron chi connectivity index (χ0n) is 80.6. The molecule has 8 aromatic heterocycles. The lowest BCUT2D eigenvalue weighted by Crippen LogP contribution is -2.43. The Kier molecular flexibility index (Phi) is 40.8. The maximum Gasteiger partial charge on any atom is 0.404 e. The van der Waals surface area contributed by atoms with Crippen molar-refractivity contribution in [1.29, 1.82) is 0 Å². The number of anilines is 4. The largest absolute Gasteiger partial charge is 0.431 e. The van der Waals surface area contributed by atoms with E-state index < -0.39 is 41.6 Å². The third kappa shape index (κ3) is 34.8. The summed E-state index contributed by atoms with van der Waals surface area (Å²) in [5.74, 6) is 2.46. The van der Waals surface area contributed by atoms with Crippen LogP contribution in [0.15, 0.2) is 287 Å². The van der Waals surface area contributed by atoms with Crippen LogP contribution >= 0.6 is 30.2 Å². The molecule has 0 bridgehead atoms. The molecule has 0 aliphatic carbocycles. The van der Waals surface area contributed by atoms with Gasteiger partial charge in [0.25, 0.3) is 0 Å². The molecular weight excluding hydrogens is 1930 g/mol. The minimum absolute atomic E-state index is 0.0943. The lowest BCUT2D eigenvalue weighted by atomic mass is 10.1. The van der Waals surface area contributed by atoms with Crippen LogP contribution in [0.2, 0.25) is 0 Å². The molecule has 0 amide bonds. The van der Waals surface area contributed by atoms with Crippen LogP contribution in [0, 0.1) is 5.82 Å². The lowest BCUT2D eigenvalue weighted by Gasteiger charge is -2.32. The van der Waals surface area contributed by atoms with Crippen molar-refractivity contribution in [3.05, 3.63) is 315 Å². The van der Waals surface area contributed by atoms with Crippen LogP contribution in [-0.4, -0.2) is 180 Å². The zero-order chi connectivity index (χ0) is 101. The molecule has 8 aromatic carbocycles. The summed E-state index contributed by atoms with van der Waals surface area (Å²) in [4.78, 5) is 49.8. The number of aromatic nitrogens is 16. The van der Waals surface area contributed by atoms with Crippen LogP contribution in [0.4, 0.5) is 27.7 Å². The van der Waals surface area contributed by atoms with Gasteiger partial charge in [-0.15, -0.1) is 0 Å². The number of rotatable bonds is 53. The van der Waals surface area contributed by atoms with Crippen molar-refractivity contribution in [2.75, 3.05) is 94.5 Å². The molecule has 0 fully saturated rings. The van der Waals surface area contributed by atoms with Gasteiger partial charge in [-0.25, -0.2) is 83.5 Å². The number of hydrogen-bond donors (Lipinski definition) is 6. The molecule has 45 heteroatoms. The summed E-state index contributed by atoms with van der Waals surface area (Å²) in [5, 5.41) is 6.11. The highest BCUT2D eigenvalue weighted by Gasteiger charge is 2.36. The number of para-hydroxylation sites is 3. The summed E-state index contributed by atoms with van der Waals surface area (Å²) in [6.45, 7) is 16.7. The van der Waals surface area contributed by atoms with E-state index in [-0.39, 0.29) is 81.9 Å². The Morgan fingerprint density at radius 2 is 0.632 bits per heavy atom. The van der Waals surface area contributed by atoms with Gasteiger partial charge in [0, 0.05) is 18.7 Å². The van der Waals surface area contributed by atoms with E-state index in [1.807, 2.05) is 202 Å². The third-order valence-electron chi connectivity index (χ3n) is 20.9. The summed E-state index contributed by atoms with van der Waals surface area (Å²) in [7, 11) is -14.2. The molecule has 0 radical (unpaired) electrons. The number of nitrogens with one attached hydrogen (secondary N) is 2. The fraction of sp³-hybridized carbons (Fsp3) is 0.313. The number of benzene rings is 8. The van der Waals surface area contributed by atoms with Gasteiger partial charge in [-0.3, -0.25) is 18.2 Å². The van der Waals surface area contributed by atoms with Crippen LogP contribution in [-0.2, 0) is 118 Å². The molecule has 16 aromatic rings. The maximum absolute atomic E-state index is 14.0. The van der Waals surface area contributed by atoms with E-state index in [1.54, 1.807) is 95.1 Å². The zero-order valence-corrected chi connectivity index (χ0v) is 84.1. The Labute approximate surface area is 832 Å². The minimum Gasteiger partial charge on any atom is -0.431 e. The molecule has 10 N–H and O–H groups in total. The van der Waals surface area contributed by atoms with E-state index in [0.717, 1.165) is 22.3 Å². The fourth-order valence-corrected chi connectivity index (χ4v) is 20.5. The summed E-state index contributed by atoms with van der Waals surface area (Å²) in [6.07, 6.45) is 10.4. The van der Waals surface area contributed by atoms with Crippen LogP contribution < -0.4 is 51.2 Å². The molecule has 4 unspecified atom stereocenters. The van der Waals surface area contributed by atoms with Gasteiger partial charge in [0.1, 0.15) is 88.9 Å². The summed E-state index contributed by atoms with van der Waals surface area (Å²) < 4.78 is 156. The van der Waals surface area contributed by atoms with Gasteiger partial charge >= 0.3 is 30.2 Å². The first-order chi connectivity index (χ1) is 69.7. The quantitative estimate of drug-likeness (QED) is 0.0152. The van der Waals surface area contributed by atoms with E-state index in [1.165, 1.54) is 49.6 Å². The highest BCUT2D eigenvalue weighted by atomic mass is 31.2.